The number of carbonyl (C=O) groups is 1. The van der Waals surface area contributed by atoms with Crippen LogP contribution >= 0.6 is 11.6 Å². The van der Waals surface area contributed by atoms with Gasteiger partial charge in [-0.05, 0) is 6.92 Å². The Bertz CT molecular complexity index is 423. The minimum atomic E-state index is -0.0850. The van der Waals surface area contributed by atoms with Crippen LogP contribution in [0.15, 0.2) is 29.3 Å². The number of halogens is 1. The molecule has 0 atom stereocenters. The summed E-state index contributed by atoms with van der Waals surface area (Å²) in [6.45, 7) is 2.73. The molecule has 1 aromatic carbocycles. The van der Waals surface area contributed by atoms with Gasteiger partial charge < -0.3 is 5.32 Å². The van der Waals surface area contributed by atoms with Crippen molar-refractivity contribution in [2.45, 2.75) is 6.92 Å². The summed E-state index contributed by atoms with van der Waals surface area (Å²) >= 11 is 5.94. The molecule has 2 rings (SSSR count). The second kappa shape index (κ2) is 3.46. The van der Waals surface area contributed by atoms with Gasteiger partial charge in [-0.25, -0.2) is 0 Å². The minimum absolute atomic E-state index is 0.0850. The third kappa shape index (κ3) is 1.23. The van der Waals surface area contributed by atoms with Crippen molar-refractivity contribution in [3.05, 3.63) is 40.4 Å². The standard InChI is InChI=1S/C11H10ClNO/c1-2-13-10-7-5-3-4-6-8(7)11(14)9(10)12/h3-6,13H,2H2,1H3. The lowest BCUT2D eigenvalue weighted by molar-refractivity contribution is 0.104. The fourth-order valence-corrected chi connectivity index (χ4v) is 1.87. The van der Waals surface area contributed by atoms with Crippen molar-refractivity contribution in [1.29, 1.82) is 0 Å². The van der Waals surface area contributed by atoms with Crippen molar-refractivity contribution in [3.63, 3.8) is 0 Å². The Morgan fingerprint density at radius 2 is 1.93 bits per heavy atom. The Hall–Kier alpha value is -1.28. The lowest BCUT2D eigenvalue weighted by atomic mass is 10.1. The Morgan fingerprint density at radius 1 is 1.29 bits per heavy atom. The first kappa shape index (κ1) is 9.28. The molecule has 0 aromatic heterocycles. The maximum absolute atomic E-state index is 11.7. The smallest absolute Gasteiger partial charge is 0.207 e. The van der Waals surface area contributed by atoms with Gasteiger partial charge in [0, 0.05) is 17.7 Å². The SMILES string of the molecule is CCNC1=C(Cl)C(=O)c2ccccc21. The van der Waals surface area contributed by atoms with E-state index in [0.717, 1.165) is 17.8 Å². The van der Waals surface area contributed by atoms with Crippen LogP contribution in [0.3, 0.4) is 0 Å². The average Bonchev–Trinajstić information content (AvgIpc) is 2.45. The Balaban J connectivity index is 2.55. The van der Waals surface area contributed by atoms with Gasteiger partial charge in [-0.15, -0.1) is 0 Å². The predicted molar refractivity (Wildman–Crippen MR) is 57.2 cm³/mol. The molecule has 14 heavy (non-hydrogen) atoms. The van der Waals surface area contributed by atoms with Crippen LogP contribution in [-0.4, -0.2) is 12.3 Å². The van der Waals surface area contributed by atoms with Crippen LogP contribution in [0.1, 0.15) is 22.8 Å². The monoisotopic (exact) mass is 207 g/mol. The fraction of sp³-hybridized carbons (Fsp3) is 0.182. The molecule has 0 saturated heterocycles. The number of hydrogen-bond donors (Lipinski definition) is 1. The molecule has 0 amide bonds. The maximum Gasteiger partial charge on any atom is 0.207 e. The van der Waals surface area contributed by atoms with Gasteiger partial charge in [0.1, 0.15) is 5.03 Å². The van der Waals surface area contributed by atoms with Crippen LogP contribution < -0.4 is 5.32 Å². The number of fused-ring (bicyclic) bond motifs is 1. The molecule has 0 saturated carbocycles. The van der Waals surface area contributed by atoms with Gasteiger partial charge in [0.2, 0.25) is 5.78 Å². The zero-order valence-electron chi connectivity index (χ0n) is 7.80. The van der Waals surface area contributed by atoms with E-state index in [4.69, 9.17) is 11.6 Å². The number of allylic oxidation sites excluding steroid dienone is 1. The van der Waals surface area contributed by atoms with E-state index in [1.807, 2.05) is 25.1 Å². The van der Waals surface area contributed by atoms with Crippen molar-refractivity contribution >= 4 is 23.1 Å². The molecule has 1 aliphatic carbocycles. The molecule has 0 spiro atoms. The summed E-state index contributed by atoms with van der Waals surface area (Å²) in [4.78, 5) is 11.7. The van der Waals surface area contributed by atoms with E-state index in [0.29, 0.717) is 10.6 Å². The third-order valence-corrected chi connectivity index (χ3v) is 2.57. The fourth-order valence-electron chi connectivity index (χ4n) is 1.60. The first-order chi connectivity index (χ1) is 6.75. The first-order valence-electron chi connectivity index (χ1n) is 4.53. The van der Waals surface area contributed by atoms with Crippen LogP contribution in [0, 0.1) is 0 Å². The molecule has 72 valence electrons. The predicted octanol–water partition coefficient (Wildman–Crippen LogP) is 2.40. The Labute approximate surface area is 87.6 Å². The van der Waals surface area contributed by atoms with E-state index < -0.39 is 0 Å². The molecule has 0 fully saturated rings. The quantitative estimate of drug-likeness (QED) is 0.807. The molecule has 0 radical (unpaired) electrons. The van der Waals surface area contributed by atoms with E-state index in [9.17, 15) is 4.79 Å². The molecule has 2 nitrogen and oxygen atoms in total. The van der Waals surface area contributed by atoms with E-state index in [2.05, 4.69) is 5.32 Å². The largest absolute Gasteiger partial charge is 0.383 e. The van der Waals surface area contributed by atoms with Crippen LogP contribution in [0.5, 0.6) is 0 Å². The van der Waals surface area contributed by atoms with Gasteiger partial charge in [-0.2, -0.15) is 0 Å². The second-order valence-corrected chi connectivity index (χ2v) is 3.47. The zero-order chi connectivity index (χ0) is 10.1. The van der Waals surface area contributed by atoms with Crippen molar-refractivity contribution in [3.8, 4) is 0 Å². The van der Waals surface area contributed by atoms with Gasteiger partial charge in [-0.3, -0.25) is 4.79 Å². The van der Waals surface area contributed by atoms with Crippen LogP contribution in [-0.2, 0) is 0 Å². The van der Waals surface area contributed by atoms with Crippen molar-refractivity contribution in [2.24, 2.45) is 0 Å². The molecular formula is C11H10ClNO. The topological polar surface area (TPSA) is 29.1 Å². The zero-order valence-corrected chi connectivity index (χ0v) is 8.56. The number of benzene rings is 1. The van der Waals surface area contributed by atoms with Crippen LogP contribution in [0.2, 0.25) is 0 Å². The van der Waals surface area contributed by atoms with E-state index in [-0.39, 0.29) is 5.78 Å². The summed E-state index contributed by atoms with van der Waals surface area (Å²) in [6, 6.07) is 7.44. The van der Waals surface area contributed by atoms with Gasteiger partial charge >= 0.3 is 0 Å². The van der Waals surface area contributed by atoms with E-state index in [1.54, 1.807) is 6.07 Å². The molecule has 0 aliphatic heterocycles. The van der Waals surface area contributed by atoms with E-state index in [1.165, 1.54) is 0 Å². The molecule has 0 unspecified atom stereocenters. The number of carbonyl (C=O) groups excluding carboxylic acids is 1. The number of nitrogens with one attached hydrogen (secondary N) is 1. The molecule has 1 aliphatic rings. The highest BCUT2D eigenvalue weighted by Gasteiger charge is 2.27. The Kier molecular flexibility index (Phi) is 2.30. The molecule has 1 aromatic rings. The number of Topliss-reactive ketones (excluding diaryl/α,β-unsaturated/α-hetero) is 1. The van der Waals surface area contributed by atoms with Crippen molar-refractivity contribution < 1.29 is 4.79 Å². The maximum atomic E-state index is 11.7. The highest BCUT2D eigenvalue weighted by atomic mass is 35.5. The highest BCUT2D eigenvalue weighted by Crippen LogP contribution is 2.32. The summed E-state index contributed by atoms with van der Waals surface area (Å²) < 4.78 is 0. The first-order valence-corrected chi connectivity index (χ1v) is 4.91. The summed E-state index contributed by atoms with van der Waals surface area (Å²) in [5.74, 6) is -0.0850. The van der Waals surface area contributed by atoms with Crippen molar-refractivity contribution in [1.82, 2.24) is 5.32 Å². The van der Waals surface area contributed by atoms with Crippen LogP contribution in [0.4, 0.5) is 0 Å². The number of rotatable bonds is 2. The second-order valence-electron chi connectivity index (χ2n) is 3.09. The van der Waals surface area contributed by atoms with Gasteiger partial charge in [0.25, 0.3) is 0 Å². The average molecular weight is 208 g/mol. The number of ketones is 1. The molecule has 1 N–H and O–H groups in total. The molecular weight excluding hydrogens is 198 g/mol. The highest BCUT2D eigenvalue weighted by molar-refractivity contribution is 6.50. The van der Waals surface area contributed by atoms with E-state index >= 15 is 0 Å². The summed E-state index contributed by atoms with van der Waals surface area (Å²) in [6.07, 6.45) is 0. The minimum Gasteiger partial charge on any atom is -0.383 e. The lowest BCUT2D eigenvalue weighted by Gasteiger charge is -2.05. The molecule has 0 heterocycles. The normalized spacial score (nSPS) is 14.6. The molecule has 0 bridgehead atoms. The van der Waals surface area contributed by atoms with Gasteiger partial charge in [-0.1, -0.05) is 35.9 Å². The summed E-state index contributed by atoms with van der Waals surface area (Å²) in [7, 11) is 0. The molecule has 3 heteroatoms. The lowest BCUT2D eigenvalue weighted by Crippen LogP contribution is -2.10. The van der Waals surface area contributed by atoms with Crippen molar-refractivity contribution in [2.75, 3.05) is 6.54 Å². The Morgan fingerprint density at radius 3 is 2.57 bits per heavy atom. The third-order valence-electron chi connectivity index (χ3n) is 2.21. The summed E-state index contributed by atoms with van der Waals surface area (Å²) in [5.41, 5.74) is 2.35. The van der Waals surface area contributed by atoms with Gasteiger partial charge in [0.05, 0.1) is 5.70 Å². The summed E-state index contributed by atoms with van der Waals surface area (Å²) in [5, 5.41) is 3.41. The van der Waals surface area contributed by atoms with Gasteiger partial charge in [0.15, 0.2) is 0 Å². The van der Waals surface area contributed by atoms with Crippen LogP contribution in [0.25, 0.3) is 5.70 Å². The number of hydrogen-bond acceptors (Lipinski definition) is 2.